The van der Waals surface area contributed by atoms with E-state index < -0.39 is 5.41 Å². The highest BCUT2D eigenvalue weighted by molar-refractivity contribution is 5.86. The van der Waals surface area contributed by atoms with E-state index in [0.717, 1.165) is 18.4 Å². The fourth-order valence-electron chi connectivity index (χ4n) is 2.38. The normalized spacial score (nSPS) is 24.0. The summed E-state index contributed by atoms with van der Waals surface area (Å²) in [4.78, 5) is 12.0. The molecular weight excluding hydrogens is 200 g/mol. The number of carbonyl (C=O) groups excluding carboxylic acids is 1. The van der Waals surface area contributed by atoms with Crippen LogP contribution in [0.25, 0.3) is 0 Å². The average Bonchev–Trinajstić information content (AvgIpc) is 2.73. The van der Waals surface area contributed by atoms with Gasteiger partial charge < -0.3 is 4.74 Å². The molecule has 1 aromatic rings. The molecule has 2 rings (SSSR count). The summed E-state index contributed by atoms with van der Waals surface area (Å²) in [7, 11) is 1.45. The van der Waals surface area contributed by atoms with Crippen LogP contribution in [0.1, 0.15) is 25.3 Å². The van der Waals surface area contributed by atoms with Crippen LogP contribution in [0.5, 0.6) is 0 Å². The largest absolute Gasteiger partial charge is 0.468 e. The van der Waals surface area contributed by atoms with Crippen LogP contribution in [0.15, 0.2) is 42.0 Å². The summed E-state index contributed by atoms with van der Waals surface area (Å²) in [5, 5.41) is 0. The van der Waals surface area contributed by atoms with Crippen molar-refractivity contribution in [2.75, 3.05) is 7.11 Å². The van der Waals surface area contributed by atoms with Crippen molar-refractivity contribution in [3.8, 4) is 0 Å². The Morgan fingerprint density at radius 2 is 2.00 bits per heavy atom. The molecule has 16 heavy (non-hydrogen) atoms. The highest BCUT2D eigenvalue weighted by Crippen LogP contribution is 2.39. The van der Waals surface area contributed by atoms with Gasteiger partial charge in [0.05, 0.1) is 7.11 Å². The molecular formula is C14H16O2. The Morgan fingerprint density at radius 1 is 1.31 bits per heavy atom. The number of ether oxygens (including phenoxy) is 1. The zero-order chi connectivity index (χ0) is 11.6. The van der Waals surface area contributed by atoms with E-state index in [1.54, 1.807) is 0 Å². The molecule has 0 saturated heterocycles. The van der Waals surface area contributed by atoms with E-state index in [9.17, 15) is 4.79 Å². The minimum atomic E-state index is -0.555. The zero-order valence-corrected chi connectivity index (χ0v) is 9.69. The SMILES string of the molecule is COC(=O)[C@]1(c2ccccc2)C=C(C)CC1. The lowest BCUT2D eigenvalue weighted by Gasteiger charge is -2.24. The van der Waals surface area contributed by atoms with Gasteiger partial charge in [-0.3, -0.25) is 4.79 Å². The highest BCUT2D eigenvalue weighted by Gasteiger charge is 2.41. The molecule has 1 aromatic carbocycles. The van der Waals surface area contributed by atoms with Gasteiger partial charge in [0.1, 0.15) is 5.41 Å². The number of carbonyl (C=O) groups is 1. The van der Waals surface area contributed by atoms with Gasteiger partial charge in [0.2, 0.25) is 0 Å². The predicted octanol–water partition coefficient (Wildman–Crippen LogP) is 2.84. The first-order chi connectivity index (χ1) is 7.69. The number of hydrogen-bond donors (Lipinski definition) is 0. The van der Waals surface area contributed by atoms with Crippen LogP contribution in [-0.2, 0) is 14.9 Å². The Balaban J connectivity index is 2.49. The monoisotopic (exact) mass is 216 g/mol. The van der Waals surface area contributed by atoms with Crippen molar-refractivity contribution < 1.29 is 9.53 Å². The van der Waals surface area contributed by atoms with Gasteiger partial charge in [-0.1, -0.05) is 42.0 Å². The van der Waals surface area contributed by atoms with Crippen molar-refractivity contribution >= 4 is 5.97 Å². The molecule has 1 atom stereocenters. The molecule has 0 N–H and O–H groups in total. The van der Waals surface area contributed by atoms with E-state index in [2.05, 4.69) is 6.92 Å². The molecule has 0 spiro atoms. The molecule has 0 aliphatic heterocycles. The smallest absolute Gasteiger partial charge is 0.320 e. The summed E-state index contributed by atoms with van der Waals surface area (Å²) in [5.41, 5.74) is 1.73. The lowest BCUT2D eigenvalue weighted by Crippen LogP contribution is -2.33. The summed E-state index contributed by atoms with van der Waals surface area (Å²) in [6, 6.07) is 9.86. The molecule has 84 valence electrons. The predicted molar refractivity (Wildman–Crippen MR) is 63.1 cm³/mol. The lowest BCUT2D eigenvalue weighted by atomic mass is 9.80. The van der Waals surface area contributed by atoms with Gasteiger partial charge >= 0.3 is 5.97 Å². The van der Waals surface area contributed by atoms with E-state index in [1.807, 2.05) is 36.4 Å². The number of hydrogen-bond acceptors (Lipinski definition) is 2. The highest BCUT2D eigenvalue weighted by atomic mass is 16.5. The molecule has 0 radical (unpaired) electrons. The second-order valence-electron chi connectivity index (χ2n) is 4.32. The molecule has 0 unspecified atom stereocenters. The third-order valence-corrected chi connectivity index (χ3v) is 3.25. The molecule has 0 saturated carbocycles. The van der Waals surface area contributed by atoms with Crippen molar-refractivity contribution in [2.24, 2.45) is 0 Å². The van der Waals surface area contributed by atoms with Gasteiger partial charge in [-0.05, 0) is 25.3 Å². The summed E-state index contributed by atoms with van der Waals surface area (Å²) >= 11 is 0. The lowest BCUT2D eigenvalue weighted by molar-refractivity contribution is -0.145. The molecule has 0 fully saturated rings. The molecule has 0 heterocycles. The average molecular weight is 216 g/mol. The van der Waals surface area contributed by atoms with Gasteiger partial charge in [-0.2, -0.15) is 0 Å². The fourth-order valence-corrected chi connectivity index (χ4v) is 2.38. The zero-order valence-electron chi connectivity index (χ0n) is 9.69. The maximum Gasteiger partial charge on any atom is 0.320 e. The topological polar surface area (TPSA) is 26.3 Å². The van der Waals surface area contributed by atoms with Crippen molar-refractivity contribution in [3.63, 3.8) is 0 Å². The number of methoxy groups -OCH3 is 1. The van der Waals surface area contributed by atoms with Crippen LogP contribution in [-0.4, -0.2) is 13.1 Å². The maximum atomic E-state index is 12.0. The van der Waals surface area contributed by atoms with Crippen LogP contribution in [0.3, 0.4) is 0 Å². The summed E-state index contributed by atoms with van der Waals surface area (Å²) in [5.74, 6) is -0.157. The van der Waals surface area contributed by atoms with Gasteiger partial charge in [0, 0.05) is 0 Å². The third kappa shape index (κ3) is 1.64. The number of esters is 1. The Labute approximate surface area is 95.9 Å². The number of benzene rings is 1. The van der Waals surface area contributed by atoms with Gasteiger partial charge in [-0.25, -0.2) is 0 Å². The van der Waals surface area contributed by atoms with Gasteiger partial charge in [0.25, 0.3) is 0 Å². The number of rotatable bonds is 2. The van der Waals surface area contributed by atoms with Gasteiger partial charge in [0.15, 0.2) is 0 Å². The van der Waals surface area contributed by atoms with Crippen LogP contribution in [0.2, 0.25) is 0 Å². The second-order valence-corrected chi connectivity index (χ2v) is 4.32. The van der Waals surface area contributed by atoms with Crippen LogP contribution < -0.4 is 0 Å². The van der Waals surface area contributed by atoms with Crippen molar-refractivity contribution in [1.29, 1.82) is 0 Å². The van der Waals surface area contributed by atoms with E-state index >= 15 is 0 Å². The van der Waals surface area contributed by atoms with Gasteiger partial charge in [-0.15, -0.1) is 0 Å². The molecule has 2 heteroatoms. The Kier molecular flexibility index (Phi) is 2.82. The van der Waals surface area contributed by atoms with E-state index in [-0.39, 0.29) is 5.97 Å². The van der Waals surface area contributed by atoms with E-state index in [1.165, 1.54) is 12.7 Å². The summed E-state index contributed by atoms with van der Waals surface area (Å²) in [6.07, 6.45) is 3.83. The molecule has 2 nitrogen and oxygen atoms in total. The first kappa shape index (κ1) is 10.9. The molecule has 1 aliphatic rings. The minimum absolute atomic E-state index is 0.157. The Hall–Kier alpha value is -1.57. The quantitative estimate of drug-likeness (QED) is 0.561. The van der Waals surface area contributed by atoms with Crippen molar-refractivity contribution in [2.45, 2.75) is 25.2 Å². The molecule has 1 aliphatic carbocycles. The fraction of sp³-hybridized carbons (Fsp3) is 0.357. The first-order valence-electron chi connectivity index (χ1n) is 5.51. The molecule has 0 bridgehead atoms. The maximum absolute atomic E-state index is 12.0. The Morgan fingerprint density at radius 3 is 2.50 bits per heavy atom. The summed E-state index contributed by atoms with van der Waals surface area (Å²) < 4.78 is 4.96. The third-order valence-electron chi connectivity index (χ3n) is 3.25. The van der Waals surface area contributed by atoms with Crippen molar-refractivity contribution in [1.82, 2.24) is 0 Å². The standard InChI is InChI=1S/C14H16O2/c1-11-8-9-14(10-11,13(15)16-2)12-6-4-3-5-7-12/h3-7,10H,8-9H2,1-2H3/t14-/m0/s1. The molecule has 0 amide bonds. The van der Waals surface area contributed by atoms with Crippen LogP contribution in [0, 0.1) is 0 Å². The molecule has 0 aromatic heterocycles. The van der Waals surface area contributed by atoms with Crippen molar-refractivity contribution in [3.05, 3.63) is 47.5 Å². The van der Waals surface area contributed by atoms with Crippen LogP contribution in [0.4, 0.5) is 0 Å². The van der Waals surface area contributed by atoms with E-state index in [4.69, 9.17) is 4.74 Å². The number of allylic oxidation sites excluding steroid dienone is 1. The second kappa shape index (κ2) is 4.12. The minimum Gasteiger partial charge on any atom is -0.468 e. The van der Waals surface area contributed by atoms with Crippen LogP contribution >= 0.6 is 0 Å². The summed E-state index contributed by atoms with van der Waals surface area (Å²) in [6.45, 7) is 2.06. The first-order valence-corrected chi connectivity index (χ1v) is 5.51. The Bertz CT molecular complexity index is 420. The van der Waals surface area contributed by atoms with E-state index in [0.29, 0.717) is 0 Å².